The number of para-hydroxylation sites is 2. The summed E-state index contributed by atoms with van der Waals surface area (Å²) in [5.74, 6) is 0.713. The summed E-state index contributed by atoms with van der Waals surface area (Å²) in [7, 11) is 0. The highest BCUT2D eigenvalue weighted by molar-refractivity contribution is 6.09. The molecule has 1 aliphatic rings. The summed E-state index contributed by atoms with van der Waals surface area (Å²) in [6, 6.07) is 79.0. The van der Waals surface area contributed by atoms with Crippen LogP contribution in [0.4, 0.5) is 0 Å². The topological polar surface area (TPSA) is 30.7 Å². The number of hydrogen-bond donors (Lipinski definition) is 0. The van der Waals surface area contributed by atoms with Gasteiger partial charge in [-0.25, -0.2) is 9.97 Å². The van der Waals surface area contributed by atoms with Crippen molar-refractivity contribution in [1.29, 1.82) is 0 Å². The summed E-state index contributed by atoms with van der Waals surface area (Å²) in [6.07, 6.45) is 0. The quantitative estimate of drug-likeness (QED) is 0.168. The fraction of sp³-hybridized carbons (Fsp3) is 0.0345. The van der Waals surface area contributed by atoms with Gasteiger partial charge in [0.15, 0.2) is 5.82 Å². The van der Waals surface area contributed by atoms with E-state index in [-0.39, 0.29) is 0 Å². The highest BCUT2D eigenvalue weighted by atomic mass is 15.0. The van der Waals surface area contributed by atoms with Gasteiger partial charge in [-0.1, -0.05) is 188 Å². The molecule has 61 heavy (non-hydrogen) atoms. The average molecular weight is 778 g/mol. The molecule has 0 radical (unpaired) electrons. The summed E-state index contributed by atoms with van der Waals surface area (Å²) in [6.45, 7) is 2.24. The second-order valence-electron chi connectivity index (χ2n) is 16.1. The molecule has 3 heteroatoms. The maximum atomic E-state index is 5.73. The predicted molar refractivity (Wildman–Crippen MR) is 252 cm³/mol. The van der Waals surface area contributed by atoms with Crippen molar-refractivity contribution in [3.05, 3.63) is 246 Å². The Morgan fingerprint density at radius 3 is 1.77 bits per heavy atom. The Morgan fingerprint density at radius 2 is 1.03 bits per heavy atom. The third-order valence-corrected chi connectivity index (χ3v) is 12.8. The predicted octanol–water partition coefficient (Wildman–Crippen LogP) is 14.4. The standard InChI is InChI=1S/C58H39N3/c1-38-17-8-13-28-50(38)58(43-22-6-3-7-23-43)51-37-42(39-31-34-44(35-32-39)61-52-29-14-11-25-46(52)47-26-12-15-30-53(47)61)33-36-49(51)54-55(48-27-16-21-40-18-9-10-24-45(40)48)59-57(60-56(54)58)41-19-4-2-5-20-41/h2-37H,1H3. The molecule has 1 aliphatic carbocycles. The van der Waals surface area contributed by atoms with Crippen LogP contribution >= 0.6 is 0 Å². The van der Waals surface area contributed by atoms with E-state index in [1.165, 1.54) is 54.8 Å². The van der Waals surface area contributed by atoms with E-state index in [0.717, 1.165) is 50.5 Å². The van der Waals surface area contributed by atoms with Crippen LogP contribution in [0.25, 0.3) is 83.2 Å². The maximum Gasteiger partial charge on any atom is 0.160 e. The lowest BCUT2D eigenvalue weighted by atomic mass is 9.68. The van der Waals surface area contributed by atoms with Crippen LogP contribution in [0.1, 0.15) is 27.9 Å². The molecule has 1 atom stereocenters. The minimum absolute atomic E-state index is 0.713. The van der Waals surface area contributed by atoms with Crippen LogP contribution in [-0.4, -0.2) is 14.5 Å². The van der Waals surface area contributed by atoms with Crippen molar-refractivity contribution in [2.45, 2.75) is 12.3 Å². The van der Waals surface area contributed by atoms with E-state index < -0.39 is 5.41 Å². The third-order valence-electron chi connectivity index (χ3n) is 12.8. The fourth-order valence-corrected chi connectivity index (χ4v) is 10.1. The Hall–Kier alpha value is -7.88. The van der Waals surface area contributed by atoms with Crippen molar-refractivity contribution >= 4 is 32.6 Å². The molecule has 1 unspecified atom stereocenters. The Bertz CT molecular complexity index is 3420. The molecular formula is C58H39N3. The second-order valence-corrected chi connectivity index (χ2v) is 16.1. The smallest absolute Gasteiger partial charge is 0.160 e. The van der Waals surface area contributed by atoms with E-state index in [2.05, 4.69) is 230 Å². The lowest BCUT2D eigenvalue weighted by Gasteiger charge is -2.34. The van der Waals surface area contributed by atoms with Crippen molar-refractivity contribution in [3.63, 3.8) is 0 Å². The van der Waals surface area contributed by atoms with Gasteiger partial charge in [0.2, 0.25) is 0 Å². The first-order chi connectivity index (χ1) is 30.2. The molecule has 0 saturated carbocycles. The van der Waals surface area contributed by atoms with Crippen LogP contribution in [0.5, 0.6) is 0 Å². The van der Waals surface area contributed by atoms with Crippen LogP contribution in [0.3, 0.4) is 0 Å². The van der Waals surface area contributed by atoms with E-state index in [4.69, 9.17) is 9.97 Å². The molecule has 0 aliphatic heterocycles. The van der Waals surface area contributed by atoms with Gasteiger partial charge < -0.3 is 4.57 Å². The molecule has 286 valence electrons. The van der Waals surface area contributed by atoms with Crippen molar-refractivity contribution < 1.29 is 0 Å². The zero-order chi connectivity index (χ0) is 40.5. The molecule has 0 fully saturated rings. The second kappa shape index (κ2) is 13.9. The number of nitrogens with zero attached hydrogens (tertiary/aromatic N) is 3. The maximum absolute atomic E-state index is 5.73. The first kappa shape index (κ1) is 35.1. The largest absolute Gasteiger partial charge is 0.309 e. The minimum atomic E-state index is -0.748. The molecule has 0 N–H and O–H groups in total. The highest BCUT2D eigenvalue weighted by Gasteiger charge is 2.50. The molecule has 12 rings (SSSR count). The molecule has 2 aromatic heterocycles. The minimum Gasteiger partial charge on any atom is -0.309 e. The SMILES string of the molecule is Cc1ccccc1C1(c2ccccc2)c2cc(-c3ccc(-n4c5ccccc5c5ccccc54)cc3)ccc2-c2c(-c3cccc4ccccc34)nc(-c3ccccc3)nc21. The Labute approximate surface area is 354 Å². The number of aromatic nitrogens is 3. The van der Waals surface area contributed by atoms with Crippen LogP contribution in [0.15, 0.2) is 218 Å². The van der Waals surface area contributed by atoms with Gasteiger partial charge in [-0.15, -0.1) is 0 Å². The summed E-state index contributed by atoms with van der Waals surface area (Å²) in [5.41, 5.74) is 16.1. The van der Waals surface area contributed by atoms with E-state index in [9.17, 15) is 0 Å². The number of rotatable bonds is 6. The zero-order valence-electron chi connectivity index (χ0n) is 33.6. The Balaban J connectivity index is 1.14. The fourth-order valence-electron chi connectivity index (χ4n) is 10.1. The molecule has 0 bridgehead atoms. The summed E-state index contributed by atoms with van der Waals surface area (Å²) in [5, 5.41) is 4.87. The molecule has 11 aromatic rings. The monoisotopic (exact) mass is 777 g/mol. The van der Waals surface area contributed by atoms with Gasteiger partial charge in [-0.05, 0) is 87.0 Å². The van der Waals surface area contributed by atoms with Gasteiger partial charge in [0.1, 0.15) is 0 Å². The van der Waals surface area contributed by atoms with E-state index in [1.54, 1.807) is 0 Å². The summed E-state index contributed by atoms with van der Waals surface area (Å²) < 4.78 is 2.38. The molecule has 3 nitrogen and oxygen atoms in total. The van der Waals surface area contributed by atoms with E-state index in [0.29, 0.717) is 5.82 Å². The highest BCUT2D eigenvalue weighted by Crippen LogP contribution is 2.59. The van der Waals surface area contributed by atoms with Crippen LogP contribution in [-0.2, 0) is 5.41 Å². The van der Waals surface area contributed by atoms with Gasteiger partial charge in [0.05, 0.1) is 27.8 Å². The number of aryl methyl sites for hydroxylation is 1. The lowest BCUT2D eigenvalue weighted by molar-refractivity contribution is 0.730. The Morgan fingerprint density at radius 1 is 0.426 bits per heavy atom. The third kappa shape index (κ3) is 5.30. The molecule has 9 aromatic carbocycles. The van der Waals surface area contributed by atoms with Gasteiger partial charge in [-0.2, -0.15) is 0 Å². The first-order valence-electron chi connectivity index (χ1n) is 21.0. The number of fused-ring (bicyclic) bond motifs is 7. The summed E-state index contributed by atoms with van der Waals surface area (Å²) >= 11 is 0. The van der Waals surface area contributed by atoms with Crippen LogP contribution in [0.2, 0.25) is 0 Å². The van der Waals surface area contributed by atoms with Crippen molar-refractivity contribution in [1.82, 2.24) is 14.5 Å². The van der Waals surface area contributed by atoms with Crippen molar-refractivity contribution in [3.8, 4) is 50.6 Å². The van der Waals surface area contributed by atoms with Crippen molar-refractivity contribution in [2.75, 3.05) is 0 Å². The Kier molecular flexibility index (Phi) is 7.98. The number of benzene rings is 9. The molecular weight excluding hydrogens is 739 g/mol. The van der Waals surface area contributed by atoms with Crippen LogP contribution in [0, 0.1) is 6.92 Å². The molecule has 0 amide bonds. The van der Waals surface area contributed by atoms with Gasteiger partial charge >= 0.3 is 0 Å². The summed E-state index contributed by atoms with van der Waals surface area (Å²) in [4.78, 5) is 11.3. The molecule has 0 saturated heterocycles. The van der Waals surface area contributed by atoms with E-state index >= 15 is 0 Å². The molecule has 0 spiro atoms. The average Bonchev–Trinajstić information content (AvgIpc) is 3.82. The number of hydrogen-bond acceptors (Lipinski definition) is 2. The lowest BCUT2D eigenvalue weighted by Crippen LogP contribution is -2.31. The van der Waals surface area contributed by atoms with Crippen molar-refractivity contribution in [2.24, 2.45) is 0 Å². The zero-order valence-corrected chi connectivity index (χ0v) is 33.6. The molecule has 2 heterocycles. The normalized spacial score (nSPS) is 14.4. The van der Waals surface area contributed by atoms with E-state index in [1.807, 2.05) is 0 Å². The van der Waals surface area contributed by atoms with Crippen LogP contribution < -0.4 is 0 Å². The van der Waals surface area contributed by atoms with Gasteiger partial charge in [-0.3, -0.25) is 0 Å². The van der Waals surface area contributed by atoms with Gasteiger partial charge in [0, 0.05) is 33.2 Å². The van der Waals surface area contributed by atoms with Gasteiger partial charge in [0.25, 0.3) is 0 Å². The first-order valence-corrected chi connectivity index (χ1v) is 21.0.